The van der Waals surface area contributed by atoms with Crippen molar-refractivity contribution in [2.24, 2.45) is 4.99 Å². The molecule has 0 spiro atoms. The summed E-state index contributed by atoms with van der Waals surface area (Å²) in [6.45, 7) is 1.49. The van der Waals surface area contributed by atoms with Crippen LogP contribution >= 0.6 is 0 Å². The minimum absolute atomic E-state index is 0.126. The molecule has 0 unspecified atom stereocenters. The van der Waals surface area contributed by atoms with E-state index in [9.17, 15) is 14.4 Å². The number of nitrogens with zero attached hydrogens (tertiary/aromatic N) is 2. The van der Waals surface area contributed by atoms with Gasteiger partial charge in [-0.15, -0.1) is 0 Å². The van der Waals surface area contributed by atoms with Crippen molar-refractivity contribution in [1.29, 1.82) is 0 Å². The zero-order valence-corrected chi connectivity index (χ0v) is 17.3. The summed E-state index contributed by atoms with van der Waals surface area (Å²) >= 11 is 0. The Balaban J connectivity index is 1.73. The fraction of sp³-hybridized carbons (Fsp3) is 0.304. The molecule has 0 saturated heterocycles. The lowest BCUT2D eigenvalue weighted by Gasteiger charge is -2.18. The molecule has 0 fully saturated rings. The van der Waals surface area contributed by atoms with Gasteiger partial charge in [-0.3, -0.25) is 19.4 Å². The van der Waals surface area contributed by atoms with Gasteiger partial charge in [-0.25, -0.2) is 0 Å². The van der Waals surface area contributed by atoms with E-state index in [0.29, 0.717) is 47.5 Å². The highest BCUT2D eigenvalue weighted by Crippen LogP contribution is 2.37. The molecular formula is C23H24N4O3. The molecule has 0 radical (unpaired) electrons. The molecule has 0 aromatic carbocycles. The number of aromatic amines is 1. The molecule has 2 N–H and O–H groups in total. The normalized spacial score (nSPS) is 18.0. The van der Waals surface area contributed by atoms with Crippen LogP contribution in [0, 0.1) is 0 Å². The van der Waals surface area contributed by atoms with Crippen LogP contribution in [0.25, 0.3) is 0 Å². The number of Topliss-reactive ketones (excluding diaryl/α,β-unsaturated/α-hetero) is 1. The van der Waals surface area contributed by atoms with E-state index in [4.69, 9.17) is 0 Å². The molecule has 3 aliphatic rings. The lowest BCUT2D eigenvalue weighted by Crippen LogP contribution is -2.21. The highest BCUT2D eigenvalue weighted by molar-refractivity contribution is 6.27. The molecule has 7 heteroatoms. The number of nitrogens with one attached hydrogen (secondary N) is 2. The van der Waals surface area contributed by atoms with Gasteiger partial charge in [-0.2, -0.15) is 0 Å². The Labute approximate surface area is 174 Å². The Kier molecular flexibility index (Phi) is 5.32. The van der Waals surface area contributed by atoms with Crippen LogP contribution in [0.15, 0.2) is 57.4 Å². The molecule has 154 valence electrons. The van der Waals surface area contributed by atoms with Crippen molar-refractivity contribution in [3.8, 4) is 0 Å². The van der Waals surface area contributed by atoms with Crippen molar-refractivity contribution in [3.05, 3.63) is 69.2 Å². The minimum atomic E-state index is -0.250. The fourth-order valence-electron chi connectivity index (χ4n) is 3.96. The second-order valence-corrected chi connectivity index (χ2v) is 7.84. The molecule has 2 aliphatic carbocycles. The second-order valence-electron chi connectivity index (χ2n) is 7.84. The maximum Gasteiger partial charge on any atom is 0.210 e. The van der Waals surface area contributed by atoms with Crippen LogP contribution in [-0.4, -0.2) is 67.7 Å². The standard InChI is InChI=1S/C23H24N4O3/c1-24-8-6-13-11-25-21-15(4-5-17(28)19(13)21)16-10-18(29)20-14(7-9-27(2)3)12-26-22(20)23(16)30/h4-5,10-12,24,26H,6-9H2,1-3H3. The van der Waals surface area contributed by atoms with Crippen molar-refractivity contribution in [2.75, 3.05) is 34.2 Å². The van der Waals surface area contributed by atoms with Gasteiger partial charge in [0, 0.05) is 30.1 Å². The summed E-state index contributed by atoms with van der Waals surface area (Å²) in [5.74, 6) is -0.574. The molecule has 7 nitrogen and oxygen atoms in total. The van der Waals surface area contributed by atoms with Gasteiger partial charge >= 0.3 is 0 Å². The highest BCUT2D eigenvalue weighted by atomic mass is 16.1. The summed E-state index contributed by atoms with van der Waals surface area (Å²) in [4.78, 5) is 48.1. The summed E-state index contributed by atoms with van der Waals surface area (Å²) in [7, 11) is 5.78. The zero-order chi connectivity index (χ0) is 21.4. The maximum atomic E-state index is 13.2. The fourth-order valence-corrected chi connectivity index (χ4v) is 3.96. The van der Waals surface area contributed by atoms with E-state index in [1.54, 1.807) is 18.5 Å². The van der Waals surface area contributed by atoms with Crippen molar-refractivity contribution < 1.29 is 14.4 Å². The third-order valence-electron chi connectivity index (χ3n) is 5.53. The van der Waals surface area contributed by atoms with E-state index in [0.717, 1.165) is 17.7 Å². The summed E-state index contributed by atoms with van der Waals surface area (Å²) in [5.41, 5.74) is 4.24. The Bertz CT molecular complexity index is 1110. The summed E-state index contributed by atoms with van der Waals surface area (Å²) in [6, 6.07) is 0. The smallest absolute Gasteiger partial charge is 0.210 e. The highest BCUT2D eigenvalue weighted by Gasteiger charge is 2.35. The van der Waals surface area contributed by atoms with E-state index in [-0.39, 0.29) is 22.9 Å². The van der Waals surface area contributed by atoms with Crippen molar-refractivity contribution in [3.63, 3.8) is 0 Å². The topological polar surface area (TPSA) is 94.6 Å². The quantitative estimate of drug-likeness (QED) is 0.723. The van der Waals surface area contributed by atoms with Gasteiger partial charge in [0.1, 0.15) is 0 Å². The number of rotatable bonds is 7. The third-order valence-corrected chi connectivity index (χ3v) is 5.53. The number of carbonyl (C=O) groups excluding carboxylic acids is 3. The predicted molar refractivity (Wildman–Crippen MR) is 115 cm³/mol. The first-order valence-corrected chi connectivity index (χ1v) is 9.97. The molecule has 1 aromatic heterocycles. The number of fused-ring (bicyclic) bond motifs is 2. The molecule has 2 heterocycles. The second kappa shape index (κ2) is 7.93. The molecular weight excluding hydrogens is 380 g/mol. The van der Waals surface area contributed by atoms with E-state index in [2.05, 4.69) is 15.3 Å². The van der Waals surface area contributed by atoms with Crippen molar-refractivity contribution in [2.45, 2.75) is 12.8 Å². The first-order chi connectivity index (χ1) is 14.4. The van der Waals surface area contributed by atoms with Crippen molar-refractivity contribution >= 4 is 23.6 Å². The van der Waals surface area contributed by atoms with E-state index in [1.165, 1.54) is 12.2 Å². The first-order valence-electron chi connectivity index (χ1n) is 9.97. The van der Waals surface area contributed by atoms with E-state index >= 15 is 0 Å². The van der Waals surface area contributed by atoms with Gasteiger partial charge in [0.25, 0.3) is 0 Å². The number of hydrogen-bond donors (Lipinski definition) is 2. The van der Waals surface area contributed by atoms with Crippen LogP contribution < -0.4 is 5.32 Å². The monoisotopic (exact) mass is 404 g/mol. The number of allylic oxidation sites excluding steroid dienone is 6. The van der Waals surface area contributed by atoms with Crippen LogP contribution in [-0.2, 0) is 11.2 Å². The van der Waals surface area contributed by atoms with Gasteiger partial charge in [-0.1, -0.05) is 0 Å². The average Bonchev–Trinajstić information content (AvgIpc) is 3.33. The van der Waals surface area contributed by atoms with E-state index < -0.39 is 0 Å². The number of aromatic nitrogens is 1. The Morgan fingerprint density at radius 2 is 1.90 bits per heavy atom. The van der Waals surface area contributed by atoms with Gasteiger partial charge in [0.15, 0.2) is 11.6 Å². The van der Waals surface area contributed by atoms with Gasteiger partial charge in [0.05, 0.1) is 22.5 Å². The van der Waals surface area contributed by atoms with Crippen LogP contribution in [0.5, 0.6) is 0 Å². The zero-order valence-electron chi connectivity index (χ0n) is 17.3. The lowest BCUT2D eigenvalue weighted by atomic mass is 9.84. The van der Waals surface area contributed by atoms with Crippen LogP contribution in [0.3, 0.4) is 0 Å². The number of likely N-dealkylation sites (N-methyl/N-ethyl adjacent to an activating group) is 1. The number of aliphatic imine (C=N–C) groups is 1. The summed E-state index contributed by atoms with van der Waals surface area (Å²) in [5, 5.41) is 3.06. The van der Waals surface area contributed by atoms with Crippen LogP contribution in [0.4, 0.5) is 0 Å². The predicted octanol–water partition coefficient (Wildman–Crippen LogP) is 1.81. The minimum Gasteiger partial charge on any atom is -0.358 e. The molecule has 0 bridgehead atoms. The largest absolute Gasteiger partial charge is 0.358 e. The van der Waals surface area contributed by atoms with Crippen LogP contribution in [0.1, 0.15) is 32.8 Å². The lowest BCUT2D eigenvalue weighted by molar-refractivity contribution is -0.111. The molecule has 1 aromatic rings. The van der Waals surface area contributed by atoms with Crippen LogP contribution in [0.2, 0.25) is 0 Å². The number of hydrogen-bond acceptors (Lipinski definition) is 6. The molecule has 0 atom stereocenters. The summed E-state index contributed by atoms with van der Waals surface area (Å²) in [6.07, 6.45) is 9.20. The Morgan fingerprint density at radius 1 is 1.10 bits per heavy atom. The molecule has 0 saturated carbocycles. The Hall–Kier alpha value is -3.16. The van der Waals surface area contributed by atoms with Crippen molar-refractivity contribution in [1.82, 2.24) is 15.2 Å². The molecule has 1 aliphatic heterocycles. The molecule has 30 heavy (non-hydrogen) atoms. The van der Waals surface area contributed by atoms with Gasteiger partial charge < -0.3 is 15.2 Å². The van der Waals surface area contributed by atoms with E-state index in [1.807, 2.05) is 26.0 Å². The molecule has 4 rings (SSSR count). The van der Waals surface area contributed by atoms with Gasteiger partial charge in [0.2, 0.25) is 5.78 Å². The number of carbonyl (C=O) groups is 3. The maximum absolute atomic E-state index is 13.2. The number of ketones is 3. The SMILES string of the molecule is CNCCC1=C2C(=O)C=CC(C3=CC(=O)c4c(CCN(C)C)c[nH]c4C3=O)=C2N=C1. The third kappa shape index (κ3) is 3.36. The summed E-state index contributed by atoms with van der Waals surface area (Å²) < 4.78 is 0. The molecule has 0 amide bonds. The average molecular weight is 404 g/mol. The Morgan fingerprint density at radius 3 is 2.63 bits per heavy atom. The number of H-pyrrole nitrogens is 1. The van der Waals surface area contributed by atoms with Gasteiger partial charge in [-0.05, 0) is 69.9 Å². The first kappa shape index (κ1) is 20.1.